The van der Waals surface area contributed by atoms with Gasteiger partial charge < -0.3 is 15.6 Å². The number of rotatable bonds is 5. The largest absolute Gasteiger partial charge is 0.431 e. The minimum Gasteiger partial charge on any atom is -0.431 e. The van der Waals surface area contributed by atoms with Crippen LogP contribution in [0, 0.1) is 11.8 Å². The third kappa shape index (κ3) is 2.92. The number of aliphatic hydroxyl groups excluding tert-OH is 1. The van der Waals surface area contributed by atoms with Gasteiger partial charge in [0, 0.05) is 29.4 Å². The van der Waals surface area contributed by atoms with Gasteiger partial charge in [-0.1, -0.05) is 0 Å². The summed E-state index contributed by atoms with van der Waals surface area (Å²) in [5.74, 6) is 1.19. The van der Waals surface area contributed by atoms with Gasteiger partial charge in [-0.15, -0.1) is 0 Å². The quantitative estimate of drug-likeness (QED) is 0.851. The van der Waals surface area contributed by atoms with E-state index in [1.54, 1.807) is 0 Å². The molecule has 4 atom stereocenters. The van der Waals surface area contributed by atoms with E-state index in [1.807, 2.05) is 10.7 Å². The van der Waals surface area contributed by atoms with Gasteiger partial charge in [0.25, 0.3) is 0 Å². The summed E-state index contributed by atoms with van der Waals surface area (Å²) in [4.78, 5) is 3.96. The predicted octanol–water partition coefficient (Wildman–Crippen LogP) is 3.19. The maximum absolute atomic E-state index is 12.5. The predicted molar refractivity (Wildman–Crippen MR) is 91.8 cm³/mol. The SMILES string of the molecule is CC(C)n1nc(-c2cnc(N)c(OC(F)F)c2)cc1C1[C@H]2CC(O)C[C@@H]12. The van der Waals surface area contributed by atoms with Crippen LogP contribution in [0.3, 0.4) is 0 Å². The van der Waals surface area contributed by atoms with Crippen LogP contribution in [0.15, 0.2) is 18.3 Å². The molecule has 0 saturated heterocycles. The Balaban J connectivity index is 1.67. The van der Waals surface area contributed by atoms with Gasteiger partial charge in [-0.2, -0.15) is 13.9 Å². The molecule has 2 unspecified atom stereocenters. The van der Waals surface area contributed by atoms with Gasteiger partial charge in [-0.05, 0) is 50.7 Å². The molecule has 0 radical (unpaired) electrons. The van der Waals surface area contributed by atoms with Crippen molar-refractivity contribution in [2.45, 2.75) is 51.4 Å². The summed E-state index contributed by atoms with van der Waals surface area (Å²) in [6.45, 7) is 1.15. The van der Waals surface area contributed by atoms with E-state index >= 15 is 0 Å². The van der Waals surface area contributed by atoms with Gasteiger partial charge in [-0.25, -0.2) is 4.98 Å². The summed E-state index contributed by atoms with van der Waals surface area (Å²) in [7, 11) is 0. The van der Waals surface area contributed by atoms with Crippen molar-refractivity contribution in [3.63, 3.8) is 0 Å². The molecular formula is C18H22F2N4O2. The molecule has 26 heavy (non-hydrogen) atoms. The Morgan fingerprint density at radius 1 is 1.27 bits per heavy atom. The number of nitrogens with zero attached hydrogens (tertiary/aromatic N) is 3. The first-order chi connectivity index (χ1) is 12.3. The first-order valence-electron chi connectivity index (χ1n) is 8.83. The van der Waals surface area contributed by atoms with E-state index in [1.165, 1.54) is 12.3 Å². The summed E-state index contributed by atoms with van der Waals surface area (Å²) in [5.41, 5.74) is 7.99. The van der Waals surface area contributed by atoms with E-state index < -0.39 is 6.61 Å². The number of nitrogens with two attached hydrogens (primary N) is 1. The van der Waals surface area contributed by atoms with Crippen LogP contribution in [-0.2, 0) is 0 Å². The number of hydrogen-bond donors (Lipinski definition) is 2. The minimum absolute atomic E-state index is 0.0803. The van der Waals surface area contributed by atoms with E-state index in [9.17, 15) is 13.9 Å². The average molecular weight is 364 g/mol. The lowest BCUT2D eigenvalue weighted by Crippen LogP contribution is -2.10. The van der Waals surface area contributed by atoms with E-state index in [4.69, 9.17) is 5.73 Å². The summed E-state index contributed by atoms with van der Waals surface area (Å²) < 4.78 is 31.5. The fraction of sp³-hybridized carbons (Fsp3) is 0.556. The zero-order valence-corrected chi connectivity index (χ0v) is 14.6. The van der Waals surface area contributed by atoms with Crippen LogP contribution in [-0.4, -0.2) is 32.6 Å². The van der Waals surface area contributed by atoms with Crippen LogP contribution < -0.4 is 10.5 Å². The number of fused-ring (bicyclic) bond motifs is 1. The van der Waals surface area contributed by atoms with Crippen molar-refractivity contribution in [1.29, 1.82) is 0 Å². The van der Waals surface area contributed by atoms with E-state index in [0.717, 1.165) is 18.5 Å². The Morgan fingerprint density at radius 2 is 1.96 bits per heavy atom. The van der Waals surface area contributed by atoms with Crippen LogP contribution in [0.4, 0.5) is 14.6 Å². The summed E-state index contributed by atoms with van der Waals surface area (Å²) in [6, 6.07) is 3.61. The van der Waals surface area contributed by atoms with Gasteiger partial charge in [-0.3, -0.25) is 4.68 Å². The van der Waals surface area contributed by atoms with Crippen molar-refractivity contribution in [3.05, 3.63) is 24.0 Å². The molecular weight excluding hydrogens is 342 g/mol. The molecule has 4 rings (SSSR count). The monoisotopic (exact) mass is 364 g/mol. The number of halogens is 2. The average Bonchev–Trinajstić information content (AvgIpc) is 2.94. The van der Waals surface area contributed by atoms with Crippen LogP contribution in [0.1, 0.15) is 44.3 Å². The van der Waals surface area contributed by atoms with Crippen LogP contribution in [0.25, 0.3) is 11.3 Å². The Hall–Kier alpha value is -2.22. The van der Waals surface area contributed by atoms with Gasteiger partial charge in [0.15, 0.2) is 11.6 Å². The van der Waals surface area contributed by atoms with Crippen LogP contribution >= 0.6 is 0 Å². The highest BCUT2D eigenvalue weighted by Crippen LogP contribution is 2.63. The number of nitrogen functional groups attached to an aromatic ring is 1. The zero-order chi connectivity index (χ0) is 18.6. The molecule has 0 amide bonds. The molecule has 2 aliphatic rings. The zero-order valence-electron chi connectivity index (χ0n) is 14.6. The number of aromatic nitrogens is 3. The van der Waals surface area contributed by atoms with Crippen molar-refractivity contribution < 1.29 is 18.6 Å². The molecule has 8 heteroatoms. The highest BCUT2D eigenvalue weighted by molar-refractivity contribution is 5.64. The van der Waals surface area contributed by atoms with Crippen molar-refractivity contribution >= 4 is 5.82 Å². The van der Waals surface area contributed by atoms with Gasteiger partial charge in [0.05, 0.1) is 11.8 Å². The lowest BCUT2D eigenvalue weighted by molar-refractivity contribution is -0.0494. The number of ether oxygens (including phenoxy) is 1. The first kappa shape index (κ1) is 17.2. The number of alkyl halides is 2. The van der Waals surface area contributed by atoms with Crippen LogP contribution in [0.2, 0.25) is 0 Å². The fourth-order valence-electron chi connectivity index (χ4n) is 4.25. The highest BCUT2D eigenvalue weighted by Gasteiger charge is 2.57. The standard InChI is InChI=1S/C18H22F2N4O2/c1-8(2)24-14(16-11-4-10(25)5-12(11)16)6-13(23-24)9-3-15(26-18(19)20)17(21)22-7-9/h3,6-8,10-12,16,18,25H,4-5H2,1-2H3,(H2,21,22)/t10?,11-,12+,16?. The molecule has 2 heterocycles. The van der Waals surface area contributed by atoms with E-state index in [-0.39, 0.29) is 23.7 Å². The summed E-state index contributed by atoms with van der Waals surface area (Å²) >= 11 is 0. The molecule has 2 aliphatic carbocycles. The summed E-state index contributed by atoms with van der Waals surface area (Å²) in [6.07, 6.45) is 3.00. The topological polar surface area (TPSA) is 86.2 Å². The molecule has 2 saturated carbocycles. The van der Waals surface area contributed by atoms with Crippen molar-refractivity contribution in [1.82, 2.24) is 14.8 Å². The normalized spacial score (nSPS) is 27.2. The third-order valence-corrected chi connectivity index (χ3v) is 5.41. The molecule has 140 valence electrons. The molecule has 0 aromatic carbocycles. The molecule has 2 fully saturated rings. The van der Waals surface area contributed by atoms with Crippen molar-refractivity contribution in [2.24, 2.45) is 11.8 Å². The molecule has 0 spiro atoms. The lowest BCUT2D eigenvalue weighted by atomic mass is 10.1. The second-order valence-corrected chi connectivity index (χ2v) is 7.46. The van der Waals surface area contributed by atoms with Gasteiger partial charge in [0.2, 0.25) is 0 Å². The Morgan fingerprint density at radius 3 is 2.58 bits per heavy atom. The smallest absolute Gasteiger partial charge is 0.387 e. The number of anilines is 1. The molecule has 0 bridgehead atoms. The van der Waals surface area contributed by atoms with Crippen molar-refractivity contribution in [2.75, 3.05) is 5.73 Å². The maximum Gasteiger partial charge on any atom is 0.387 e. The molecule has 2 aromatic rings. The molecule has 0 aliphatic heterocycles. The van der Waals surface area contributed by atoms with Gasteiger partial charge >= 0.3 is 6.61 Å². The number of aliphatic hydroxyl groups is 1. The first-order valence-corrected chi connectivity index (χ1v) is 8.83. The van der Waals surface area contributed by atoms with Crippen molar-refractivity contribution in [3.8, 4) is 17.0 Å². The fourth-order valence-corrected chi connectivity index (χ4v) is 4.25. The Bertz CT molecular complexity index is 812. The maximum atomic E-state index is 12.5. The third-order valence-electron chi connectivity index (χ3n) is 5.41. The molecule has 3 N–H and O–H groups in total. The van der Waals surface area contributed by atoms with E-state index in [0.29, 0.717) is 29.0 Å². The van der Waals surface area contributed by atoms with E-state index in [2.05, 4.69) is 28.7 Å². The number of hydrogen-bond acceptors (Lipinski definition) is 5. The lowest BCUT2D eigenvalue weighted by Gasteiger charge is -2.13. The number of pyridine rings is 1. The van der Waals surface area contributed by atoms with Crippen LogP contribution in [0.5, 0.6) is 5.75 Å². The molecule has 6 nitrogen and oxygen atoms in total. The summed E-state index contributed by atoms with van der Waals surface area (Å²) in [5, 5.41) is 14.4. The second-order valence-electron chi connectivity index (χ2n) is 7.46. The molecule has 2 aromatic heterocycles. The highest BCUT2D eigenvalue weighted by atomic mass is 19.3. The second kappa shape index (κ2) is 6.19. The van der Waals surface area contributed by atoms with Gasteiger partial charge in [0.1, 0.15) is 0 Å². The Labute approximate surface area is 150 Å². The minimum atomic E-state index is -2.96. The Kier molecular flexibility index (Phi) is 4.10.